The summed E-state index contributed by atoms with van der Waals surface area (Å²) in [4.78, 5) is 9.28. The van der Waals surface area contributed by atoms with Crippen LogP contribution in [0.1, 0.15) is 18.4 Å². The second kappa shape index (κ2) is 11.5. The third-order valence-corrected chi connectivity index (χ3v) is 7.03. The Kier molecular flexibility index (Phi) is 9.64. The highest BCUT2D eigenvalue weighted by molar-refractivity contribution is 14.0. The minimum Gasteiger partial charge on any atom is -0.356 e. The molecule has 0 spiro atoms. The molecule has 2 saturated heterocycles. The molecular formula is C20H34IN5O2S. The lowest BCUT2D eigenvalue weighted by atomic mass is 9.98. The average molecular weight is 535 g/mol. The van der Waals surface area contributed by atoms with E-state index in [9.17, 15) is 8.42 Å². The third kappa shape index (κ3) is 7.37. The Balaban J connectivity index is 0.00000300. The van der Waals surface area contributed by atoms with Crippen LogP contribution in [0.15, 0.2) is 35.3 Å². The molecule has 0 aromatic heterocycles. The summed E-state index contributed by atoms with van der Waals surface area (Å²) in [5, 5.41) is 3.52. The van der Waals surface area contributed by atoms with Gasteiger partial charge in [0.1, 0.15) is 0 Å². The summed E-state index contributed by atoms with van der Waals surface area (Å²) < 4.78 is 24.9. The topological polar surface area (TPSA) is 68.2 Å². The summed E-state index contributed by atoms with van der Waals surface area (Å²) in [5.41, 5.74) is 1.36. The van der Waals surface area contributed by atoms with Crippen molar-refractivity contribution in [1.29, 1.82) is 0 Å². The molecule has 0 unspecified atom stereocenters. The predicted molar refractivity (Wildman–Crippen MR) is 129 cm³/mol. The number of benzene rings is 1. The van der Waals surface area contributed by atoms with Gasteiger partial charge in [-0.15, -0.1) is 24.0 Å². The van der Waals surface area contributed by atoms with E-state index in [-0.39, 0.29) is 24.0 Å². The molecule has 9 heteroatoms. The van der Waals surface area contributed by atoms with E-state index < -0.39 is 10.0 Å². The fraction of sp³-hybridized carbons (Fsp3) is 0.650. The molecule has 2 aliphatic heterocycles. The Hall–Kier alpha value is -0.910. The lowest BCUT2D eigenvalue weighted by Crippen LogP contribution is -2.53. The van der Waals surface area contributed by atoms with Gasteiger partial charge in [-0.25, -0.2) is 12.7 Å². The second-order valence-corrected chi connectivity index (χ2v) is 9.76. The third-order valence-electron chi connectivity index (χ3n) is 5.72. The maximum absolute atomic E-state index is 11.6. The molecule has 7 nitrogen and oxygen atoms in total. The first-order chi connectivity index (χ1) is 13.5. The molecule has 29 heavy (non-hydrogen) atoms. The first kappa shape index (κ1) is 24.4. The van der Waals surface area contributed by atoms with Gasteiger partial charge in [-0.3, -0.25) is 9.89 Å². The number of guanidine groups is 1. The van der Waals surface area contributed by atoms with Crippen molar-refractivity contribution in [1.82, 2.24) is 19.4 Å². The quantitative estimate of drug-likeness (QED) is 0.353. The second-order valence-electron chi connectivity index (χ2n) is 7.78. The highest BCUT2D eigenvalue weighted by Crippen LogP contribution is 2.18. The van der Waals surface area contributed by atoms with Crippen molar-refractivity contribution in [3.8, 4) is 0 Å². The zero-order chi connectivity index (χ0) is 20.0. The number of halogens is 1. The van der Waals surface area contributed by atoms with E-state index in [1.54, 1.807) is 4.31 Å². The van der Waals surface area contributed by atoms with Crippen molar-refractivity contribution in [2.45, 2.75) is 19.4 Å². The van der Waals surface area contributed by atoms with Crippen LogP contribution in [0.4, 0.5) is 0 Å². The smallest absolute Gasteiger partial charge is 0.211 e. The number of rotatable bonds is 5. The van der Waals surface area contributed by atoms with Crippen LogP contribution in [0.3, 0.4) is 0 Å². The van der Waals surface area contributed by atoms with Crippen LogP contribution in [0.2, 0.25) is 0 Å². The molecule has 164 valence electrons. The molecule has 0 atom stereocenters. The predicted octanol–water partition coefficient (Wildman–Crippen LogP) is 1.67. The van der Waals surface area contributed by atoms with Gasteiger partial charge in [-0.05, 0) is 24.3 Å². The van der Waals surface area contributed by atoms with E-state index in [1.807, 2.05) is 7.05 Å². The van der Waals surface area contributed by atoms with E-state index in [1.165, 1.54) is 11.8 Å². The molecule has 1 aromatic carbocycles. The van der Waals surface area contributed by atoms with Gasteiger partial charge in [-0.2, -0.15) is 0 Å². The summed E-state index contributed by atoms with van der Waals surface area (Å²) >= 11 is 0. The fourth-order valence-electron chi connectivity index (χ4n) is 3.97. The van der Waals surface area contributed by atoms with Crippen molar-refractivity contribution in [3.05, 3.63) is 35.9 Å². The van der Waals surface area contributed by atoms with Crippen molar-refractivity contribution in [2.24, 2.45) is 10.9 Å². The molecular weight excluding hydrogens is 501 g/mol. The van der Waals surface area contributed by atoms with Gasteiger partial charge in [0.25, 0.3) is 0 Å². The van der Waals surface area contributed by atoms with Gasteiger partial charge in [0, 0.05) is 59.4 Å². The van der Waals surface area contributed by atoms with Crippen molar-refractivity contribution in [3.63, 3.8) is 0 Å². The monoisotopic (exact) mass is 535 g/mol. The standard InChI is InChI=1S/C20H33N5O2S.HI/c1-21-20(22-16-18-8-10-25(11-9-18)28(2,26)27)24-14-12-23(13-15-24)17-19-6-4-3-5-7-19;/h3-7,18H,8-17H2,1-2H3,(H,21,22);1H. The molecule has 1 N–H and O–H groups in total. The Morgan fingerprint density at radius 3 is 2.24 bits per heavy atom. The van der Waals surface area contributed by atoms with Crippen LogP contribution in [0, 0.1) is 5.92 Å². The van der Waals surface area contributed by atoms with Gasteiger partial charge in [0.15, 0.2) is 5.96 Å². The molecule has 0 saturated carbocycles. The van der Waals surface area contributed by atoms with Crippen molar-refractivity contribution < 1.29 is 8.42 Å². The zero-order valence-electron chi connectivity index (χ0n) is 17.5. The van der Waals surface area contributed by atoms with Gasteiger partial charge in [-0.1, -0.05) is 30.3 Å². The first-order valence-corrected chi connectivity index (χ1v) is 12.0. The Labute approximate surface area is 192 Å². The molecule has 2 heterocycles. The maximum atomic E-state index is 11.6. The molecule has 0 aliphatic carbocycles. The highest BCUT2D eigenvalue weighted by Gasteiger charge is 2.26. The molecule has 0 radical (unpaired) electrons. The summed E-state index contributed by atoms with van der Waals surface area (Å²) in [7, 11) is -1.22. The van der Waals surface area contributed by atoms with E-state index in [0.717, 1.165) is 58.1 Å². The minimum atomic E-state index is -3.05. The molecule has 2 fully saturated rings. The minimum absolute atomic E-state index is 0. The first-order valence-electron chi connectivity index (χ1n) is 10.1. The summed E-state index contributed by atoms with van der Waals surface area (Å²) in [6, 6.07) is 10.6. The summed E-state index contributed by atoms with van der Waals surface area (Å²) in [5.74, 6) is 1.46. The number of nitrogens with one attached hydrogen (secondary N) is 1. The van der Waals surface area contributed by atoms with Crippen molar-refractivity contribution in [2.75, 3.05) is 59.1 Å². The highest BCUT2D eigenvalue weighted by atomic mass is 127. The Morgan fingerprint density at radius 2 is 1.69 bits per heavy atom. The summed E-state index contributed by atoms with van der Waals surface area (Å²) in [6.45, 7) is 7.11. The maximum Gasteiger partial charge on any atom is 0.211 e. The number of aliphatic imine (C=N–C) groups is 1. The van der Waals surface area contributed by atoms with E-state index in [4.69, 9.17) is 0 Å². The molecule has 0 amide bonds. The van der Waals surface area contributed by atoms with E-state index in [2.05, 4.69) is 50.4 Å². The number of hydrogen-bond acceptors (Lipinski definition) is 4. The van der Waals surface area contributed by atoms with Gasteiger partial charge >= 0.3 is 0 Å². The number of nitrogens with zero attached hydrogens (tertiary/aromatic N) is 4. The van der Waals surface area contributed by atoms with Crippen LogP contribution in [-0.4, -0.2) is 87.6 Å². The molecule has 2 aliphatic rings. The molecule has 0 bridgehead atoms. The number of sulfonamides is 1. The number of hydrogen-bond donors (Lipinski definition) is 1. The van der Waals surface area contributed by atoms with Crippen LogP contribution < -0.4 is 5.32 Å². The largest absolute Gasteiger partial charge is 0.356 e. The van der Waals surface area contributed by atoms with Crippen LogP contribution in [-0.2, 0) is 16.6 Å². The van der Waals surface area contributed by atoms with Gasteiger partial charge in [0.05, 0.1) is 6.26 Å². The Morgan fingerprint density at radius 1 is 1.07 bits per heavy atom. The van der Waals surface area contributed by atoms with Crippen LogP contribution >= 0.6 is 24.0 Å². The fourth-order valence-corrected chi connectivity index (χ4v) is 4.85. The number of piperidine rings is 1. The van der Waals surface area contributed by atoms with E-state index >= 15 is 0 Å². The van der Waals surface area contributed by atoms with Gasteiger partial charge < -0.3 is 10.2 Å². The molecule has 3 rings (SSSR count). The normalized spacial score (nSPS) is 20.3. The average Bonchev–Trinajstić information content (AvgIpc) is 2.70. The van der Waals surface area contributed by atoms with Crippen LogP contribution in [0.25, 0.3) is 0 Å². The SMILES string of the molecule is CN=C(NCC1CCN(S(C)(=O)=O)CC1)N1CCN(Cc2ccccc2)CC1.I. The Bertz CT molecular complexity index is 743. The molecule has 1 aromatic rings. The lowest BCUT2D eigenvalue weighted by molar-refractivity contribution is 0.171. The summed E-state index contributed by atoms with van der Waals surface area (Å²) in [6.07, 6.45) is 3.11. The lowest BCUT2D eigenvalue weighted by Gasteiger charge is -2.37. The van der Waals surface area contributed by atoms with Crippen molar-refractivity contribution >= 4 is 40.0 Å². The zero-order valence-corrected chi connectivity index (χ0v) is 20.6. The van der Waals surface area contributed by atoms with Crippen LogP contribution in [0.5, 0.6) is 0 Å². The van der Waals surface area contributed by atoms with E-state index in [0.29, 0.717) is 19.0 Å². The van der Waals surface area contributed by atoms with Gasteiger partial charge in [0.2, 0.25) is 10.0 Å². The number of piperazine rings is 1.